The number of nitrogens with two attached hydrogens (primary N) is 1. The molecule has 0 saturated carbocycles. The molecule has 0 spiro atoms. The van der Waals surface area contributed by atoms with Gasteiger partial charge in [0.2, 0.25) is 5.88 Å². The number of benzene rings is 1. The number of allylic oxidation sites excluding steroid dienone is 1. The number of hydrogen-bond acceptors (Lipinski definition) is 8. The molecule has 0 amide bonds. The molecule has 0 unspecified atom stereocenters. The van der Waals surface area contributed by atoms with Crippen LogP contribution in [0.2, 0.25) is 5.02 Å². The van der Waals surface area contributed by atoms with Gasteiger partial charge in [0, 0.05) is 10.7 Å². The van der Waals surface area contributed by atoms with Crippen molar-refractivity contribution in [2.24, 2.45) is 5.73 Å². The summed E-state index contributed by atoms with van der Waals surface area (Å²) in [4.78, 5) is 18.0. The average Bonchev–Trinajstić information content (AvgIpc) is 2.88. The summed E-state index contributed by atoms with van der Waals surface area (Å²) in [5.74, 6) is -0.983. The molecule has 0 saturated heterocycles. The number of carbonyl (C=O) groups is 1. The van der Waals surface area contributed by atoms with E-state index in [1.54, 1.807) is 31.2 Å². The lowest BCUT2D eigenvalue weighted by Gasteiger charge is -2.28. The third-order valence-corrected chi connectivity index (χ3v) is 7.66. The summed E-state index contributed by atoms with van der Waals surface area (Å²) in [6, 6.07) is 13.2. The van der Waals surface area contributed by atoms with Crippen LogP contribution in [0.5, 0.6) is 0 Å². The van der Waals surface area contributed by atoms with Crippen molar-refractivity contribution in [3.8, 4) is 12.1 Å². The zero-order chi connectivity index (χ0) is 26.4. The number of nitriles is 2. The Morgan fingerprint density at radius 2 is 1.92 bits per heavy atom. The molecule has 2 heterocycles. The molecule has 0 fully saturated rings. The van der Waals surface area contributed by atoms with Gasteiger partial charge in [-0.25, -0.2) is 9.78 Å². The van der Waals surface area contributed by atoms with Crippen LogP contribution < -0.4 is 5.73 Å². The van der Waals surface area contributed by atoms with E-state index in [-0.39, 0.29) is 35.1 Å². The Balaban J connectivity index is 1.74. The number of carbonyl (C=O) groups excluding carboxylic acids is 1. The number of ether oxygens (including phenoxy) is 2. The van der Waals surface area contributed by atoms with Crippen LogP contribution >= 0.6 is 23.4 Å². The summed E-state index contributed by atoms with van der Waals surface area (Å²) in [5, 5.41) is 20.8. The Bertz CT molecular complexity index is 1340. The molecule has 9 heteroatoms. The first-order chi connectivity index (χ1) is 18.0. The van der Waals surface area contributed by atoms with E-state index in [9.17, 15) is 15.3 Å². The summed E-state index contributed by atoms with van der Waals surface area (Å²) < 4.78 is 11.2. The Morgan fingerprint density at radius 1 is 1.19 bits per heavy atom. The standard InChI is InChI=1S/C28H27ClN4O3S/c1-2-35-28(34)25-23(36-26(32)21(15-31)24(25)17-9-11-20(29)12-10-17)16-37-27-19(14-30)13-18-7-5-3-4-6-8-22(18)33-27/h9-13,24H,2-8,16,32H2,1H3/t24-/m1/s1. The molecule has 2 aromatic rings. The number of aryl methyl sites for hydroxylation is 2. The summed E-state index contributed by atoms with van der Waals surface area (Å²) in [5.41, 5.74) is 9.80. The van der Waals surface area contributed by atoms with Crippen LogP contribution in [-0.2, 0) is 27.1 Å². The highest BCUT2D eigenvalue weighted by atomic mass is 35.5. The predicted molar refractivity (Wildman–Crippen MR) is 141 cm³/mol. The van der Waals surface area contributed by atoms with Gasteiger partial charge in [0.1, 0.15) is 28.5 Å². The summed E-state index contributed by atoms with van der Waals surface area (Å²) in [6.07, 6.45) is 6.32. The molecule has 37 heavy (non-hydrogen) atoms. The highest BCUT2D eigenvalue weighted by molar-refractivity contribution is 7.99. The lowest BCUT2D eigenvalue weighted by Crippen LogP contribution is -2.27. The summed E-state index contributed by atoms with van der Waals surface area (Å²) in [6.45, 7) is 1.87. The topological polar surface area (TPSA) is 122 Å². The Kier molecular flexibility index (Phi) is 8.76. The molecule has 7 nitrogen and oxygen atoms in total. The normalized spacial score (nSPS) is 17.6. The molecule has 1 aliphatic carbocycles. The molecule has 1 aromatic carbocycles. The van der Waals surface area contributed by atoms with Gasteiger partial charge in [-0.05, 0) is 61.9 Å². The second-order valence-electron chi connectivity index (χ2n) is 8.80. The highest BCUT2D eigenvalue weighted by Crippen LogP contribution is 2.41. The fourth-order valence-corrected chi connectivity index (χ4v) is 5.68. The number of thioether (sulfide) groups is 1. The Hall–Kier alpha value is -3.46. The molecular weight excluding hydrogens is 508 g/mol. The third kappa shape index (κ3) is 5.93. The minimum Gasteiger partial charge on any atom is -0.463 e. The van der Waals surface area contributed by atoms with Crippen LogP contribution in [0.4, 0.5) is 0 Å². The van der Waals surface area contributed by atoms with Crippen molar-refractivity contribution >= 4 is 29.3 Å². The van der Waals surface area contributed by atoms with Crippen molar-refractivity contribution in [3.05, 3.63) is 80.5 Å². The van der Waals surface area contributed by atoms with Crippen molar-refractivity contribution in [2.75, 3.05) is 12.4 Å². The second-order valence-corrected chi connectivity index (χ2v) is 10.2. The van der Waals surface area contributed by atoms with Crippen molar-refractivity contribution in [2.45, 2.75) is 56.4 Å². The van der Waals surface area contributed by atoms with Crippen LogP contribution in [0.3, 0.4) is 0 Å². The van der Waals surface area contributed by atoms with Gasteiger partial charge in [-0.3, -0.25) is 0 Å². The first-order valence-corrected chi connectivity index (χ1v) is 13.6. The van der Waals surface area contributed by atoms with E-state index in [4.69, 9.17) is 31.8 Å². The van der Waals surface area contributed by atoms with E-state index in [1.165, 1.54) is 24.6 Å². The van der Waals surface area contributed by atoms with E-state index in [2.05, 4.69) is 12.1 Å². The minimum atomic E-state index is -0.773. The highest BCUT2D eigenvalue weighted by Gasteiger charge is 2.37. The van der Waals surface area contributed by atoms with Crippen molar-refractivity contribution < 1.29 is 14.3 Å². The number of esters is 1. The molecule has 2 N–H and O–H groups in total. The average molecular weight is 535 g/mol. The number of hydrogen-bond donors (Lipinski definition) is 1. The SMILES string of the molecule is CCOC(=O)C1=C(CSc2nc3c(cc2C#N)CCCCCC3)OC(N)=C(C#N)[C@H]1c1ccc(Cl)cc1. The summed E-state index contributed by atoms with van der Waals surface area (Å²) in [7, 11) is 0. The van der Waals surface area contributed by atoms with Crippen LogP contribution in [0.25, 0.3) is 0 Å². The quantitative estimate of drug-likeness (QED) is 0.371. The van der Waals surface area contributed by atoms with Gasteiger partial charge in [-0.2, -0.15) is 10.5 Å². The first kappa shape index (κ1) is 26.6. The number of halogens is 1. The number of fused-ring (bicyclic) bond motifs is 1. The van der Waals surface area contributed by atoms with E-state index in [0.29, 0.717) is 21.2 Å². The summed E-state index contributed by atoms with van der Waals surface area (Å²) >= 11 is 7.38. The number of rotatable bonds is 6. The van der Waals surface area contributed by atoms with Gasteiger partial charge < -0.3 is 15.2 Å². The maximum Gasteiger partial charge on any atom is 0.338 e. The van der Waals surface area contributed by atoms with E-state index < -0.39 is 11.9 Å². The van der Waals surface area contributed by atoms with E-state index in [0.717, 1.165) is 36.9 Å². The minimum absolute atomic E-state index is 0.0715. The fraction of sp³-hybridized carbons (Fsp3) is 0.357. The second kappa shape index (κ2) is 12.2. The van der Waals surface area contributed by atoms with Gasteiger partial charge in [0.05, 0.1) is 29.4 Å². The van der Waals surface area contributed by atoms with Crippen molar-refractivity contribution in [1.29, 1.82) is 10.5 Å². The lowest BCUT2D eigenvalue weighted by atomic mass is 9.83. The molecule has 0 radical (unpaired) electrons. The van der Waals surface area contributed by atoms with Crippen molar-refractivity contribution in [3.63, 3.8) is 0 Å². The molecule has 190 valence electrons. The number of nitrogens with zero attached hydrogens (tertiary/aromatic N) is 3. The van der Waals surface area contributed by atoms with Gasteiger partial charge in [-0.1, -0.05) is 48.3 Å². The van der Waals surface area contributed by atoms with Gasteiger partial charge in [0.15, 0.2) is 0 Å². The molecule has 0 bridgehead atoms. The number of pyridine rings is 1. The van der Waals surface area contributed by atoms with E-state index in [1.807, 2.05) is 6.07 Å². The van der Waals surface area contributed by atoms with Gasteiger partial charge >= 0.3 is 5.97 Å². The first-order valence-electron chi connectivity index (χ1n) is 12.3. The molecular formula is C28H27ClN4O3S. The fourth-order valence-electron chi connectivity index (χ4n) is 4.64. The third-order valence-electron chi connectivity index (χ3n) is 6.42. The van der Waals surface area contributed by atoms with Gasteiger partial charge in [-0.15, -0.1) is 0 Å². The van der Waals surface area contributed by atoms with Crippen LogP contribution in [0.1, 0.15) is 60.9 Å². The number of aromatic nitrogens is 1. The van der Waals surface area contributed by atoms with Gasteiger partial charge in [0.25, 0.3) is 0 Å². The van der Waals surface area contributed by atoms with Crippen LogP contribution in [0.15, 0.2) is 58.1 Å². The van der Waals surface area contributed by atoms with Crippen LogP contribution in [0, 0.1) is 22.7 Å². The van der Waals surface area contributed by atoms with Crippen LogP contribution in [-0.4, -0.2) is 23.3 Å². The zero-order valence-electron chi connectivity index (χ0n) is 20.6. The molecule has 2 aliphatic rings. The maximum atomic E-state index is 13.2. The Labute approximate surface area is 225 Å². The van der Waals surface area contributed by atoms with E-state index >= 15 is 0 Å². The van der Waals surface area contributed by atoms with Crippen molar-refractivity contribution in [1.82, 2.24) is 4.98 Å². The molecule has 4 rings (SSSR count). The predicted octanol–water partition coefficient (Wildman–Crippen LogP) is 5.68. The molecule has 1 aromatic heterocycles. The zero-order valence-corrected chi connectivity index (χ0v) is 22.1. The largest absolute Gasteiger partial charge is 0.463 e. The molecule has 1 atom stereocenters. The molecule has 1 aliphatic heterocycles. The lowest BCUT2D eigenvalue weighted by molar-refractivity contribution is -0.139. The Morgan fingerprint density at radius 3 is 2.59 bits per heavy atom. The monoisotopic (exact) mass is 534 g/mol. The maximum absolute atomic E-state index is 13.2. The smallest absolute Gasteiger partial charge is 0.338 e.